The van der Waals surface area contributed by atoms with Gasteiger partial charge in [-0.3, -0.25) is 4.57 Å². The second kappa shape index (κ2) is 12.5. The standard InChI is InChI=1S/C27H34F2N6O4/c1-2-3-15-38-27(36)34-11-6-7-19(10-12-34)39-23-18-22(31-26(32-23)33-13-16-37-17-14-33)35-21-9-5-4-8-20(21)30-25(35)24(28)29/h4-5,8-9,18-19,24H,2-3,6-7,10-17H2,1H3. The fraction of sp³-hybridized carbons (Fsp3) is 0.556. The number of aromatic nitrogens is 4. The van der Waals surface area contributed by atoms with Crippen LogP contribution in [-0.4, -0.2) is 82.6 Å². The lowest BCUT2D eigenvalue weighted by Crippen LogP contribution is -2.37. The highest BCUT2D eigenvalue weighted by molar-refractivity contribution is 5.78. The Labute approximate surface area is 225 Å². The number of alkyl halides is 2. The van der Waals surface area contributed by atoms with Crippen LogP contribution in [0.3, 0.4) is 0 Å². The van der Waals surface area contributed by atoms with Gasteiger partial charge >= 0.3 is 6.09 Å². The van der Waals surface area contributed by atoms with Crippen molar-refractivity contribution in [3.63, 3.8) is 0 Å². The van der Waals surface area contributed by atoms with E-state index < -0.39 is 6.43 Å². The summed E-state index contributed by atoms with van der Waals surface area (Å²) in [4.78, 5) is 29.6. The summed E-state index contributed by atoms with van der Waals surface area (Å²) in [5.41, 5.74) is 0.980. The van der Waals surface area contributed by atoms with Crippen molar-refractivity contribution in [1.29, 1.82) is 0 Å². The zero-order valence-electron chi connectivity index (χ0n) is 22.1. The highest BCUT2D eigenvalue weighted by atomic mass is 19.3. The van der Waals surface area contributed by atoms with Gasteiger partial charge in [0.05, 0.1) is 30.9 Å². The number of imidazole rings is 1. The molecule has 0 spiro atoms. The molecule has 2 saturated heterocycles. The largest absolute Gasteiger partial charge is 0.474 e. The molecule has 1 aromatic carbocycles. The molecule has 2 aromatic heterocycles. The molecule has 5 rings (SSSR count). The van der Waals surface area contributed by atoms with Crippen molar-refractivity contribution in [2.45, 2.75) is 51.6 Å². The van der Waals surface area contributed by atoms with Crippen molar-refractivity contribution in [3.8, 4) is 11.7 Å². The maximum Gasteiger partial charge on any atom is 0.409 e. The number of ether oxygens (including phenoxy) is 3. The topological polar surface area (TPSA) is 94.8 Å². The van der Waals surface area contributed by atoms with Gasteiger partial charge in [0.15, 0.2) is 5.82 Å². The van der Waals surface area contributed by atoms with E-state index in [1.165, 1.54) is 4.57 Å². The van der Waals surface area contributed by atoms with E-state index in [4.69, 9.17) is 14.2 Å². The second-order valence-corrected chi connectivity index (χ2v) is 9.68. The quantitative estimate of drug-likeness (QED) is 0.375. The smallest absolute Gasteiger partial charge is 0.409 e. The van der Waals surface area contributed by atoms with Crippen molar-refractivity contribution in [3.05, 3.63) is 36.2 Å². The molecule has 1 atom stereocenters. The highest BCUT2D eigenvalue weighted by Gasteiger charge is 2.26. The number of para-hydroxylation sites is 2. The van der Waals surface area contributed by atoms with Crippen molar-refractivity contribution < 1.29 is 27.8 Å². The number of benzene rings is 1. The lowest BCUT2D eigenvalue weighted by Gasteiger charge is -2.28. The first-order valence-electron chi connectivity index (χ1n) is 13.6. The summed E-state index contributed by atoms with van der Waals surface area (Å²) in [7, 11) is 0. The normalized spacial score (nSPS) is 18.4. The minimum Gasteiger partial charge on any atom is -0.474 e. The third-order valence-electron chi connectivity index (χ3n) is 6.93. The Hall–Kier alpha value is -3.54. The predicted octanol–water partition coefficient (Wildman–Crippen LogP) is 4.76. The molecule has 0 radical (unpaired) electrons. The first-order chi connectivity index (χ1) is 19.0. The van der Waals surface area contributed by atoms with Crippen LogP contribution in [0.4, 0.5) is 19.5 Å². The Morgan fingerprint density at radius 1 is 1.10 bits per heavy atom. The van der Waals surface area contributed by atoms with Crippen LogP contribution in [0.25, 0.3) is 16.9 Å². The van der Waals surface area contributed by atoms with Crippen LogP contribution >= 0.6 is 0 Å². The van der Waals surface area contributed by atoms with Gasteiger partial charge in [0, 0.05) is 38.7 Å². The number of anilines is 1. The molecule has 2 aliphatic rings. The number of halogens is 2. The molecule has 1 unspecified atom stereocenters. The molecule has 10 nitrogen and oxygen atoms in total. The minimum absolute atomic E-state index is 0.201. The van der Waals surface area contributed by atoms with Gasteiger partial charge in [-0.25, -0.2) is 18.6 Å². The van der Waals surface area contributed by atoms with Crippen LogP contribution in [0.5, 0.6) is 5.88 Å². The number of hydrogen-bond donors (Lipinski definition) is 0. The summed E-state index contributed by atoms with van der Waals surface area (Å²) >= 11 is 0. The Morgan fingerprint density at radius 2 is 1.92 bits per heavy atom. The fourth-order valence-corrected chi connectivity index (χ4v) is 4.84. The molecule has 39 heavy (non-hydrogen) atoms. The zero-order valence-corrected chi connectivity index (χ0v) is 22.1. The predicted molar refractivity (Wildman–Crippen MR) is 141 cm³/mol. The molecule has 12 heteroatoms. The number of nitrogens with zero attached hydrogens (tertiary/aromatic N) is 6. The van der Waals surface area contributed by atoms with Crippen molar-refractivity contribution in [2.24, 2.45) is 0 Å². The van der Waals surface area contributed by atoms with E-state index in [1.54, 1.807) is 35.2 Å². The van der Waals surface area contributed by atoms with E-state index >= 15 is 0 Å². The Balaban J connectivity index is 1.42. The molecule has 0 bridgehead atoms. The number of amides is 1. The molecule has 2 fully saturated rings. The van der Waals surface area contributed by atoms with Crippen molar-refractivity contribution in [1.82, 2.24) is 24.4 Å². The average molecular weight is 545 g/mol. The summed E-state index contributed by atoms with van der Waals surface area (Å²) < 4.78 is 46.8. The Bertz CT molecular complexity index is 1270. The van der Waals surface area contributed by atoms with Gasteiger partial charge < -0.3 is 24.0 Å². The van der Waals surface area contributed by atoms with Gasteiger partial charge in [-0.15, -0.1) is 0 Å². The van der Waals surface area contributed by atoms with Crippen LogP contribution in [0, 0.1) is 0 Å². The van der Waals surface area contributed by atoms with Crippen molar-refractivity contribution in [2.75, 3.05) is 50.9 Å². The monoisotopic (exact) mass is 544 g/mol. The van der Waals surface area contributed by atoms with E-state index in [0.717, 1.165) is 25.7 Å². The van der Waals surface area contributed by atoms with Crippen LogP contribution in [0.1, 0.15) is 51.3 Å². The van der Waals surface area contributed by atoms with E-state index in [0.29, 0.717) is 75.3 Å². The second-order valence-electron chi connectivity index (χ2n) is 9.68. The number of hydrogen-bond acceptors (Lipinski definition) is 8. The molecule has 1 amide bonds. The molecule has 4 heterocycles. The first kappa shape index (κ1) is 27.0. The number of unbranched alkanes of at least 4 members (excludes halogenated alkanes) is 1. The van der Waals surface area contributed by atoms with Crippen LogP contribution in [0.2, 0.25) is 0 Å². The summed E-state index contributed by atoms with van der Waals surface area (Å²) in [5.74, 6) is 0.558. The van der Waals surface area contributed by atoms with Gasteiger partial charge in [-0.1, -0.05) is 25.5 Å². The first-order valence-corrected chi connectivity index (χ1v) is 13.6. The van der Waals surface area contributed by atoms with Crippen LogP contribution in [0.15, 0.2) is 30.3 Å². The van der Waals surface area contributed by atoms with Crippen molar-refractivity contribution >= 4 is 23.1 Å². The lowest BCUT2D eigenvalue weighted by molar-refractivity contribution is 0.100. The molecule has 0 N–H and O–H groups in total. The number of fused-ring (bicyclic) bond motifs is 1. The van der Waals surface area contributed by atoms with E-state index in [2.05, 4.69) is 15.0 Å². The van der Waals surface area contributed by atoms with Gasteiger partial charge in [-0.05, 0) is 31.4 Å². The van der Waals surface area contributed by atoms with Crippen LogP contribution < -0.4 is 9.64 Å². The molecule has 0 saturated carbocycles. The fourth-order valence-electron chi connectivity index (χ4n) is 4.84. The molecular weight excluding hydrogens is 510 g/mol. The SMILES string of the molecule is CCCCOC(=O)N1CCCC(Oc2cc(-n3c(C(F)F)nc4ccccc43)nc(N3CCOCC3)n2)CC1. The van der Waals surface area contributed by atoms with Gasteiger partial charge in [0.25, 0.3) is 6.43 Å². The van der Waals surface area contributed by atoms with Gasteiger partial charge in [-0.2, -0.15) is 9.97 Å². The third kappa shape index (κ3) is 6.38. The summed E-state index contributed by atoms with van der Waals surface area (Å²) in [5, 5.41) is 0. The van der Waals surface area contributed by atoms with E-state index in [9.17, 15) is 13.6 Å². The molecule has 210 valence electrons. The lowest BCUT2D eigenvalue weighted by atomic mass is 10.2. The maximum atomic E-state index is 14.1. The van der Waals surface area contributed by atoms with E-state index in [-0.39, 0.29) is 23.8 Å². The highest BCUT2D eigenvalue weighted by Crippen LogP contribution is 2.30. The number of rotatable bonds is 8. The summed E-state index contributed by atoms with van der Waals surface area (Å²) in [6.45, 7) is 5.77. The number of morpholine rings is 1. The Morgan fingerprint density at radius 3 is 2.72 bits per heavy atom. The van der Waals surface area contributed by atoms with Gasteiger partial charge in [0.1, 0.15) is 11.9 Å². The average Bonchev–Trinajstić information content (AvgIpc) is 3.20. The number of likely N-dealkylation sites (tertiary alicyclic amines) is 1. The number of carbonyl (C=O) groups is 1. The third-order valence-corrected chi connectivity index (χ3v) is 6.93. The molecule has 2 aliphatic heterocycles. The molecular formula is C27H34F2N6O4. The minimum atomic E-state index is -2.80. The zero-order chi connectivity index (χ0) is 27.2. The Kier molecular flexibility index (Phi) is 8.70. The van der Waals surface area contributed by atoms with Gasteiger partial charge in [0.2, 0.25) is 11.8 Å². The molecule has 0 aliphatic carbocycles. The van der Waals surface area contributed by atoms with Crippen LogP contribution in [-0.2, 0) is 9.47 Å². The van der Waals surface area contributed by atoms with E-state index in [1.807, 2.05) is 11.8 Å². The number of carbonyl (C=O) groups excluding carboxylic acids is 1. The summed E-state index contributed by atoms with van der Waals surface area (Å²) in [6, 6.07) is 8.57. The summed E-state index contributed by atoms with van der Waals surface area (Å²) in [6.07, 6.45) is 0.586. The molecule has 3 aromatic rings. The maximum absolute atomic E-state index is 14.1.